The van der Waals surface area contributed by atoms with Gasteiger partial charge >= 0.3 is 0 Å². The Labute approximate surface area is 337 Å². The van der Waals surface area contributed by atoms with Crippen LogP contribution >= 0.6 is 0 Å². The molecule has 2 heteroatoms. The second-order valence-corrected chi connectivity index (χ2v) is 14.9. The molecule has 0 fully saturated rings. The molecule has 0 radical (unpaired) electrons. The summed E-state index contributed by atoms with van der Waals surface area (Å²) < 4.78 is 6.59. The fourth-order valence-corrected chi connectivity index (χ4v) is 8.65. The zero-order chi connectivity index (χ0) is 38.4. The van der Waals surface area contributed by atoms with E-state index in [0.29, 0.717) is 0 Å². The molecule has 0 saturated carbocycles. The van der Waals surface area contributed by atoms with E-state index in [4.69, 9.17) is 4.42 Å². The van der Waals surface area contributed by atoms with Crippen molar-refractivity contribution in [3.05, 3.63) is 224 Å². The van der Waals surface area contributed by atoms with Crippen molar-refractivity contribution in [3.63, 3.8) is 0 Å². The largest absolute Gasteiger partial charge is 0.456 e. The third kappa shape index (κ3) is 5.91. The van der Waals surface area contributed by atoms with Gasteiger partial charge in [-0.2, -0.15) is 0 Å². The van der Waals surface area contributed by atoms with Gasteiger partial charge in [0.2, 0.25) is 0 Å². The second kappa shape index (κ2) is 14.1. The van der Waals surface area contributed by atoms with Gasteiger partial charge in [0.15, 0.2) is 0 Å². The first-order valence-electron chi connectivity index (χ1n) is 19.8. The fraction of sp³-hybridized carbons (Fsp3) is 0. The van der Waals surface area contributed by atoms with Crippen LogP contribution in [0.15, 0.2) is 229 Å². The van der Waals surface area contributed by atoms with Gasteiger partial charge in [0.05, 0.1) is 5.69 Å². The zero-order valence-corrected chi connectivity index (χ0v) is 31.7. The smallest absolute Gasteiger partial charge is 0.136 e. The zero-order valence-electron chi connectivity index (χ0n) is 31.7. The van der Waals surface area contributed by atoms with Gasteiger partial charge in [-0.15, -0.1) is 0 Å². The maximum Gasteiger partial charge on any atom is 0.136 e. The molecule has 1 heterocycles. The van der Waals surface area contributed by atoms with Crippen molar-refractivity contribution in [1.29, 1.82) is 0 Å². The average molecular weight is 740 g/mol. The maximum absolute atomic E-state index is 6.59. The number of hydrogen-bond donors (Lipinski definition) is 0. The molecular formula is C56H37NO. The van der Waals surface area contributed by atoms with E-state index >= 15 is 0 Å². The third-order valence-corrected chi connectivity index (χ3v) is 11.4. The van der Waals surface area contributed by atoms with Crippen LogP contribution in [0.2, 0.25) is 0 Å². The van der Waals surface area contributed by atoms with Crippen molar-refractivity contribution in [2.45, 2.75) is 0 Å². The van der Waals surface area contributed by atoms with Crippen LogP contribution in [0, 0.1) is 0 Å². The Kier molecular flexibility index (Phi) is 8.19. The number of para-hydroxylation sites is 1. The van der Waals surface area contributed by atoms with E-state index in [9.17, 15) is 0 Å². The molecule has 11 rings (SSSR count). The average Bonchev–Trinajstić information content (AvgIpc) is 3.66. The monoisotopic (exact) mass is 739 g/mol. The minimum absolute atomic E-state index is 0.876. The number of nitrogens with zero attached hydrogens (tertiary/aromatic N) is 1. The number of rotatable bonds is 7. The van der Waals surface area contributed by atoms with Crippen LogP contribution < -0.4 is 4.90 Å². The molecule has 0 bridgehead atoms. The molecule has 0 amide bonds. The van der Waals surface area contributed by atoms with E-state index in [1.807, 2.05) is 0 Å². The minimum atomic E-state index is 0.876. The highest BCUT2D eigenvalue weighted by atomic mass is 16.3. The lowest BCUT2D eigenvalue weighted by atomic mass is 9.93. The number of fused-ring (bicyclic) bond motifs is 5. The molecule has 10 aromatic carbocycles. The van der Waals surface area contributed by atoms with Crippen molar-refractivity contribution in [2.75, 3.05) is 4.90 Å². The van der Waals surface area contributed by atoms with E-state index in [-0.39, 0.29) is 0 Å². The molecule has 0 aliphatic carbocycles. The molecule has 0 aliphatic rings. The van der Waals surface area contributed by atoms with Gasteiger partial charge in [0, 0.05) is 27.7 Å². The molecule has 2 nitrogen and oxygen atoms in total. The summed E-state index contributed by atoms with van der Waals surface area (Å²) >= 11 is 0. The molecule has 1 aromatic heterocycles. The van der Waals surface area contributed by atoms with Crippen LogP contribution in [0.25, 0.3) is 88.0 Å². The highest BCUT2D eigenvalue weighted by molar-refractivity contribution is 6.16. The van der Waals surface area contributed by atoms with Gasteiger partial charge in [-0.3, -0.25) is 0 Å². The molecule has 272 valence electrons. The van der Waals surface area contributed by atoms with Crippen LogP contribution in [0.5, 0.6) is 0 Å². The van der Waals surface area contributed by atoms with Crippen molar-refractivity contribution in [2.24, 2.45) is 0 Å². The van der Waals surface area contributed by atoms with Crippen molar-refractivity contribution >= 4 is 60.5 Å². The highest BCUT2D eigenvalue weighted by Gasteiger charge is 2.22. The molecule has 11 aromatic rings. The topological polar surface area (TPSA) is 16.4 Å². The van der Waals surface area contributed by atoms with Crippen LogP contribution in [-0.4, -0.2) is 0 Å². The van der Waals surface area contributed by atoms with Crippen LogP contribution in [0.3, 0.4) is 0 Å². The normalized spacial score (nSPS) is 11.4. The van der Waals surface area contributed by atoms with E-state index < -0.39 is 0 Å². The molecular weight excluding hydrogens is 703 g/mol. The second-order valence-electron chi connectivity index (χ2n) is 14.9. The fourth-order valence-electron chi connectivity index (χ4n) is 8.65. The van der Waals surface area contributed by atoms with Crippen LogP contribution in [-0.2, 0) is 0 Å². The van der Waals surface area contributed by atoms with Gasteiger partial charge in [0.25, 0.3) is 0 Å². The molecule has 0 aliphatic heterocycles. The Morgan fingerprint density at radius 2 is 0.879 bits per heavy atom. The van der Waals surface area contributed by atoms with E-state index in [0.717, 1.165) is 55.7 Å². The molecule has 0 spiro atoms. The predicted molar refractivity (Wildman–Crippen MR) is 245 cm³/mol. The van der Waals surface area contributed by atoms with Crippen LogP contribution in [0.4, 0.5) is 17.1 Å². The predicted octanol–water partition coefficient (Wildman–Crippen LogP) is 16.0. The lowest BCUT2D eigenvalue weighted by molar-refractivity contribution is 0.669. The summed E-state index contributed by atoms with van der Waals surface area (Å²) in [5.41, 5.74) is 14.3. The van der Waals surface area contributed by atoms with E-state index in [2.05, 4.69) is 229 Å². The third-order valence-electron chi connectivity index (χ3n) is 11.4. The van der Waals surface area contributed by atoms with Crippen LogP contribution in [0.1, 0.15) is 0 Å². The summed E-state index contributed by atoms with van der Waals surface area (Å²) in [6.07, 6.45) is 0. The summed E-state index contributed by atoms with van der Waals surface area (Å²) in [7, 11) is 0. The Balaban J connectivity index is 1.16. The van der Waals surface area contributed by atoms with Crippen molar-refractivity contribution in [3.8, 4) is 44.5 Å². The first-order chi connectivity index (χ1) is 28.7. The first kappa shape index (κ1) is 33.6. The Morgan fingerprint density at radius 3 is 1.67 bits per heavy atom. The van der Waals surface area contributed by atoms with Gasteiger partial charge in [0.1, 0.15) is 11.2 Å². The van der Waals surface area contributed by atoms with E-state index in [1.165, 1.54) is 49.4 Å². The first-order valence-corrected chi connectivity index (χ1v) is 19.8. The minimum Gasteiger partial charge on any atom is -0.456 e. The quantitative estimate of drug-likeness (QED) is 0.162. The standard InChI is InChI=1S/C56H37NO/c1-3-16-39(17-4-1)48-32-31-47(37-51(48)40-18-5-2-6-19-40)57(46-24-13-23-42(34-46)45-30-29-38-15-7-8-20-41(38)33-45)53-27-12-11-25-49(53)50-26-14-28-54-56(50)52-35-43-21-9-10-22-44(43)36-55(52)58-54/h1-37H. The lowest BCUT2D eigenvalue weighted by Gasteiger charge is -2.29. The van der Waals surface area contributed by atoms with Gasteiger partial charge < -0.3 is 9.32 Å². The van der Waals surface area contributed by atoms with E-state index in [1.54, 1.807) is 0 Å². The summed E-state index contributed by atoms with van der Waals surface area (Å²) in [5, 5.41) is 7.05. The Morgan fingerprint density at radius 1 is 0.293 bits per heavy atom. The van der Waals surface area contributed by atoms with Crippen molar-refractivity contribution in [1.82, 2.24) is 0 Å². The SMILES string of the molecule is c1ccc(-c2ccc(N(c3cccc(-c4ccc5ccccc5c4)c3)c3ccccc3-c3cccc4oc5cc6ccccc6cc5c34)cc2-c2ccccc2)cc1. The lowest BCUT2D eigenvalue weighted by Crippen LogP contribution is -2.11. The van der Waals surface area contributed by atoms with Gasteiger partial charge in [-0.25, -0.2) is 0 Å². The van der Waals surface area contributed by atoms with Crippen molar-refractivity contribution < 1.29 is 4.42 Å². The Bertz CT molecular complexity index is 3290. The highest BCUT2D eigenvalue weighted by Crippen LogP contribution is 2.47. The number of hydrogen-bond acceptors (Lipinski definition) is 2. The van der Waals surface area contributed by atoms with Gasteiger partial charge in [-0.05, 0) is 115 Å². The maximum atomic E-state index is 6.59. The molecule has 0 saturated heterocycles. The summed E-state index contributed by atoms with van der Waals surface area (Å²) in [6, 6.07) is 80.8. The molecule has 0 unspecified atom stereocenters. The summed E-state index contributed by atoms with van der Waals surface area (Å²) in [6.45, 7) is 0. The number of anilines is 3. The Hall–Kier alpha value is -7.68. The molecule has 58 heavy (non-hydrogen) atoms. The molecule has 0 atom stereocenters. The molecule has 0 N–H and O–H groups in total. The number of furan rings is 1. The number of benzene rings is 10. The summed E-state index contributed by atoms with van der Waals surface area (Å²) in [4.78, 5) is 2.43. The summed E-state index contributed by atoms with van der Waals surface area (Å²) in [5.74, 6) is 0. The van der Waals surface area contributed by atoms with Gasteiger partial charge in [-0.1, -0.05) is 170 Å².